The Morgan fingerprint density at radius 3 is 2.00 bits per heavy atom. The topological polar surface area (TPSA) is 55.4 Å². The van der Waals surface area contributed by atoms with E-state index in [0.717, 1.165) is 4.47 Å². The van der Waals surface area contributed by atoms with Crippen molar-refractivity contribution in [1.29, 1.82) is 0 Å². The molecule has 3 aromatic rings. The number of anilines is 1. The largest absolute Gasteiger partial charge is 0.457 e. The molecule has 0 saturated carbocycles. The smallest absolute Gasteiger partial charge is 0.261 e. The van der Waals surface area contributed by atoms with Crippen LogP contribution in [0, 0.1) is 5.82 Å². The van der Waals surface area contributed by atoms with Crippen molar-refractivity contribution in [2.75, 3.05) is 4.72 Å². The first-order chi connectivity index (χ1) is 11.9. The molecule has 0 amide bonds. The van der Waals surface area contributed by atoms with Crippen LogP contribution in [0.25, 0.3) is 0 Å². The lowest BCUT2D eigenvalue weighted by Gasteiger charge is -2.10. The highest BCUT2D eigenvalue weighted by atomic mass is 79.9. The molecular weight excluding hydrogens is 409 g/mol. The fourth-order valence-electron chi connectivity index (χ4n) is 2.07. The maximum absolute atomic E-state index is 13.6. The van der Waals surface area contributed by atoms with Gasteiger partial charge in [-0.05, 0) is 60.7 Å². The highest BCUT2D eigenvalue weighted by molar-refractivity contribution is 9.10. The number of hydrogen-bond donors (Lipinski definition) is 1. The summed E-state index contributed by atoms with van der Waals surface area (Å²) in [6.45, 7) is 0. The molecule has 0 radical (unpaired) electrons. The number of nitrogens with one attached hydrogen (secondary N) is 1. The van der Waals surface area contributed by atoms with Gasteiger partial charge in [0.15, 0.2) is 0 Å². The predicted octanol–water partition coefficient (Wildman–Crippen LogP) is 5.18. The van der Waals surface area contributed by atoms with Crippen LogP contribution in [0.1, 0.15) is 0 Å². The Morgan fingerprint density at radius 1 is 0.840 bits per heavy atom. The summed E-state index contributed by atoms with van der Waals surface area (Å²) in [6, 6.07) is 18.7. The monoisotopic (exact) mass is 421 g/mol. The standard InChI is InChI=1S/C18H13BrFNO3S/c19-13-5-7-14(8-6-13)24-15-9-11-16(12-10-15)25(22,23)21-18-4-2-1-3-17(18)20/h1-12,21H. The number of sulfonamides is 1. The second-order valence-corrected chi connectivity index (χ2v) is 7.71. The molecule has 0 aliphatic carbocycles. The number of para-hydroxylation sites is 1. The molecule has 4 nitrogen and oxygen atoms in total. The minimum atomic E-state index is -3.88. The fraction of sp³-hybridized carbons (Fsp3) is 0. The second kappa shape index (κ2) is 7.25. The summed E-state index contributed by atoms with van der Waals surface area (Å²) < 4.78 is 47.1. The quantitative estimate of drug-likeness (QED) is 0.617. The summed E-state index contributed by atoms with van der Waals surface area (Å²) in [4.78, 5) is 0.0129. The third-order valence-electron chi connectivity index (χ3n) is 3.30. The van der Waals surface area contributed by atoms with E-state index in [9.17, 15) is 12.8 Å². The molecule has 0 bridgehead atoms. The molecule has 1 N–H and O–H groups in total. The van der Waals surface area contributed by atoms with Gasteiger partial charge >= 0.3 is 0 Å². The fourth-order valence-corrected chi connectivity index (χ4v) is 3.40. The van der Waals surface area contributed by atoms with Gasteiger partial charge in [-0.25, -0.2) is 12.8 Å². The van der Waals surface area contributed by atoms with Gasteiger partial charge in [0, 0.05) is 4.47 Å². The Morgan fingerprint density at radius 2 is 1.40 bits per heavy atom. The zero-order valence-electron chi connectivity index (χ0n) is 12.8. The molecule has 0 spiro atoms. The summed E-state index contributed by atoms with van der Waals surface area (Å²) in [6.07, 6.45) is 0. The van der Waals surface area contributed by atoms with Gasteiger partial charge in [-0.3, -0.25) is 4.72 Å². The lowest BCUT2D eigenvalue weighted by Crippen LogP contribution is -2.13. The van der Waals surface area contributed by atoms with Crippen LogP contribution in [0.4, 0.5) is 10.1 Å². The summed E-state index contributed by atoms with van der Waals surface area (Å²) >= 11 is 3.34. The first-order valence-electron chi connectivity index (χ1n) is 7.25. The molecule has 3 aromatic carbocycles. The number of benzene rings is 3. The van der Waals surface area contributed by atoms with Crippen molar-refractivity contribution in [3.05, 3.63) is 83.1 Å². The molecule has 0 atom stereocenters. The first kappa shape index (κ1) is 17.4. The zero-order valence-corrected chi connectivity index (χ0v) is 15.2. The number of ether oxygens (including phenoxy) is 1. The highest BCUT2D eigenvalue weighted by Gasteiger charge is 2.16. The van der Waals surface area contributed by atoms with E-state index in [4.69, 9.17) is 4.74 Å². The third kappa shape index (κ3) is 4.37. The van der Waals surface area contributed by atoms with Gasteiger partial charge in [0.05, 0.1) is 10.6 Å². The van der Waals surface area contributed by atoms with Crippen molar-refractivity contribution in [3.63, 3.8) is 0 Å². The molecule has 0 heterocycles. The van der Waals surface area contributed by atoms with Gasteiger partial charge in [-0.2, -0.15) is 0 Å². The van der Waals surface area contributed by atoms with Crippen molar-refractivity contribution in [1.82, 2.24) is 0 Å². The van der Waals surface area contributed by atoms with E-state index in [2.05, 4.69) is 20.7 Å². The minimum Gasteiger partial charge on any atom is -0.457 e. The summed E-state index contributed by atoms with van der Waals surface area (Å²) in [5.74, 6) is 0.483. The van der Waals surface area contributed by atoms with Crippen LogP contribution in [0.15, 0.2) is 82.2 Å². The van der Waals surface area contributed by atoms with E-state index in [1.54, 1.807) is 18.2 Å². The Kier molecular flexibility index (Phi) is 5.06. The Bertz CT molecular complexity index is 974. The average molecular weight is 422 g/mol. The SMILES string of the molecule is O=S(=O)(Nc1ccccc1F)c1ccc(Oc2ccc(Br)cc2)cc1. The maximum Gasteiger partial charge on any atom is 0.261 e. The van der Waals surface area contributed by atoms with Crippen molar-refractivity contribution in [2.45, 2.75) is 4.90 Å². The van der Waals surface area contributed by atoms with Crippen LogP contribution in [-0.4, -0.2) is 8.42 Å². The van der Waals surface area contributed by atoms with Gasteiger partial charge in [0.1, 0.15) is 17.3 Å². The molecule has 7 heteroatoms. The lowest BCUT2D eigenvalue weighted by molar-refractivity contribution is 0.482. The van der Waals surface area contributed by atoms with Gasteiger partial charge < -0.3 is 4.74 Å². The number of halogens is 2. The lowest BCUT2D eigenvalue weighted by atomic mass is 10.3. The van der Waals surface area contributed by atoms with Crippen LogP contribution < -0.4 is 9.46 Å². The van der Waals surface area contributed by atoms with E-state index in [0.29, 0.717) is 11.5 Å². The van der Waals surface area contributed by atoms with Crippen LogP contribution in [-0.2, 0) is 10.0 Å². The molecule has 25 heavy (non-hydrogen) atoms. The Balaban J connectivity index is 1.77. The molecule has 128 valence electrons. The first-order valence-corrected chi connectivity index (χ1v) is 9.52. The molecule has 3 rings (SSSR count). The Hall–Kier alpha value is -2.38. The molecule has 0 aliphatic heterocycles. The highest BCUT2D eigenvalue weighted by Crippen LogP contribution is 2.25. The van der Waals surface area contributed by atoms with Gasteiger partial charge in [0.25, 0.3) is 10.0 Å². The molecular formula is C18H13BrFNO3S. The van der Waals surface area contributed by atoms with E-state index >= 15 is 0 Å². The van der Waals surface area contributed by atoms with Crippen molar-refractivity contribution in [2.24, 2.45) is 0 Å². The number of rotatable bonds is 5. The predicted molar refractivity (Wildman–Crippen MR) is 97.9 cm³/mol. The molecule has 0 saturated heterocycles. The summed E-state index contributed by atoms with van der Waals surface area (Å²) in [7, 11) is -3.88. The normalized spacial score (nSPS) is 11.1. The van der Waals surface area contributed by atoms with Crippen LogP contribution >= 0.6 is 15.9 Å². The van der Waals surface area contributed by atoms with E-state index in [1.165, 1.54) is 42.5 Å². The van der Waals surface area contributed by atoms with Crippen LogP contribution in [0.2, 0.25) is 0 Å². The maximum atomic E-state index is 13.6. The molecule has 0 fully saturated rings. The second-order valence-electron chi connectivity index (χ2n) is 5.11. The third-order valence-corrected chi connectivity index (χ3v) is 5.21. The van der Waals surface area contributed by atoms with Crippen molar-refractivity contribution < 1.29 is 17.5 Å². The zero-order chi connectivity index (χ0) is 17.9. The Labute approximate surface area is 153 Å². The molecule has 0 aromatic heterocycles. The number of hydrogen-bond acceptors (Lipinski definition) is 3. The van der Waals surface area contributed by atoms with E-state index in [-0.39, 0.29) is 10.6 Å². The minimum absolute atomic E-state index is 0.0129. The van der Waals surface area contributed by atoms with Crippen molar-refractivity contribution >= 4 is 31.6 Å². The van der Waals surface area contributed by atoms with Gasteiger partial charge in [-0.15, -0.1) is 0 Å². The molecule has 0 aliphatic rings. The average Bonchev–Trinajstić information content (AvgIpc) is 2.59. The summed E-state index contributed by atoms with van der Waals surface area (Å²) in [5, 5.41) is 0. The van der Waals surface area contributed by atoms with Gasteiger partial charge in [-0.1, -0.05) is 28.1 Å². The molecule has 0 unspecified atom stereocenters. The van der Waals surface area contributed by atoms with Crippen LogP contribution in [0.5, 0.6) is 11.5 Å². The van der Waals surface area contributed by atoms with Crippen molar-refractivity contribution in [3.8, 4) is 11.5 Å². The van der Waals surface area contributed by atoms with Gasteiger partial charge in [0.2, 0.25) is 0 Å². The summed E-state index contributed by atoms with van der Waals surface area (Å²) in [5.41, 5.74) is -0.0994. The van der Waals surface area contributed by atoms with Crippen LogP contribution in [0.3, 0.4) is 0 Å². The van der Waals surface area contributed by atoms with E-state index < -0.39 is 15.8 Å². The van der Waals surface area contributed by atoms with E-state index in [1.807, 2.05) is 12.1 Å².